The molecular formula is C23H26N4O3S. The van der Waals surface area contributed by atoms with Crippen LogP contribution in [0.4, 0.5) is 0 Å². The lowest BCUT2D eigenvalue weighted by Gasteiger charge is -2.33. The van der Waals surface area contributed by atoms with Crippen molar-refractivity contribution >= 4 is 15.9 Å². The molecule has 4 rings (SSSR count). The molecule has 162 valence electrons. The molecule has 1 aliphatic heterocycles. The van der Waals surface area contributed by atoms with Crippen LogP contribution in [0.15, 0.2) is 73.3 Å². The van der Waals surface area contributed by atoms with E-state index in [0.717, 1.165) is 24.1 Å². The molecule has 2 aromatic carbocycles. The highest BCUT2D eigenvalue weighted by Crippen LogP contribution is 2.19. The Labute approximate surface area is 182 Å². The normalized spacial score (nSPS) is 16.9. The van der Waals surface area contributed by atoms with Gasteiger partial charge in [-0.15, -0.1) is 0 Å². The van der Waals surface area contributed by atoms with Crippen LogP contribution in [0.1, 0.15) is 28.8 Å². The van der Waals surface area contributed by atoms with E-state index in [0.29, 0.717) is 25.2 Å². The summed E-state index contributed by atoms with van der Waals surface area (Å²) in [7, 11) is -3.41. The molecule has 0 spiro atoms. The smallest absolute Gasteiger partial charge is 0.253 e. The summed E-state index contributed by atoms with van der Waals surface area (Å²) in [6, 6.07) is 16.6. The maximum Gasteiger partial charge on any atom is 0.253 e. The Morgan fingerprint density at radius 3 is 2.58 bits per heavy atom. The molecule has 1 amide bonds. The van der Waals surface area contributed by atoms with E-state index in [1.165, 1.54) is 0 Å². The number of carbonyl (C=O) groups is 1. The zero-order valence-corrected chi connectivity index (χ0v) is 18.0. The minimum atomic E-state index is -3.41. The molecule has 1 atom stereocenters. The van der Waals surface area contributed by atoms with E-state index in [1.807, 2.05) is 58.1 Å². The molecule has 1 fully saturated rings. The number of benzene rings is 2. The predicted molar refractivity (Wildman–Crippen MR) is 119 cm³/mol. The van der Waals surface area contributed by atoms with E-state index in [4.69, 9.17) is 0 Å². The third-order valence-corrected chi connectivity index (χ3v) is 6.83. The van der Waals surface area contributed by atoms with Crippen molar-refractivity contribution in [1.82, 2.24) is 19.2 Å². The summed E-state index contributed by atoms with van der Waals surface area (Å²) >= 11 is 0. The van der Waals surface area contributed by atoms with Crippen molar-refractivity contribution in [3.63, 3.8) is 0 Å². The van der Waals surface area contributed by atoms with Crippen LogP contribution in [0.2, 0.25) is 0 Å². The van der Waals surface area contributed by atoms with Crippen molar-refractivity contribution in [2.75, 3.05) is 19.6 Å². The molecule has 7 nitrogen and oxygen atoms in total. The molecule has 31 heavy (non-hydrogen) atoms. The second kappa shape index (κ2) is 9.45. The van der Waals surface area contributed by atoms with Gasteiger partial charge in [-0.3, -0.25) is 4.79 Å². The number of rotatable bonds is 7. The molecule has 0 bridgehead atoms. The van der Waals surface area contributed by atoms with E-state index in [-0.39, 0.29) is 17.6 Å². The van der Waals surface area contributed by atoms with Crippen LogP contribution in [0.25, 0.3) is 5.69 Å². The van der Waals surface area contributed by atoms with Gasteiger partial charge in [0.05, 0.1) is 12.1 Å². The molecular weight excluding hydrogens is 412 g/mol. The fraction of sp³-hybridized carbons (Fsp3) is 0.304. The third-order valence-electron chi connectivity index (χ3n) is 5.51. The van der Waals surface area contributed by atoms with Crippen molar-refractivity contribution < 1.29 is 13.2 Å². The average Bonchev–Trinajstić information content (AvgIpc) is 3.33. The zero-order valence-electron chi connectivity index (χ0n) is 17.2. The van der Waals surface area contributed by atoms with Gasteiger partial charge >= 0.3 is 0 Å². The number of hydrogen-bond donors (Lipinski definition) is 1. The largest absolute Gasteiger partial charge is 0.338 e. The molecule has 0 saturated carbocycles. The maximum atomic E-state index is 13.0. The van der Waals surface area contributed by atoms with Crippen LogP contribution < -0.4 is 4.72 Å². The SMILES string of the molecule is O=C(c1ccc(-n2ccnc2)cc1)N1CCC[C@@H](CNS(=O)(=O)Cc2ccccc2)C1. The predicted octanol–water partition coefficient (Wildman–Crippen LogP) is 2.84. The second-order valence-electron chi connectivity index (χ2n) is 7.87. The molecule has 1 N–H and O–H groups in total. The monoisotopic (exact) mass is 438 g/mol. The van der Waals surface area contributed by atoms with E-state index in [9.17, 15) is 13.2 Å². The number of nitrogens with one attached hydrogen (secondary N) is 1. The lowest BCUT2D eigenvalue weighted by Crippen LogP contribution is -2.43. The van der Waals surface area contributed by atoms with Gasteiger partial charge < -0.3 is 9.47 Å². The zero-order chi connectivity index (χ0) is 21.7. The molecule has 3 aromatic rings. The summed E-state index contributed by atoms with van der Waals surface area (Å²) < 4.78 is 29.4. The molecule has 0 radical (unpaired) electrons. The van der Waals surface area contributed by atoms with Gasteiger partial charge in [-0.2, -0.15) is 0 Å². The number of piperidine rings is 1. The first-order valence-electron chi connectivity index (χ1n) is 10.4. The van der Waals surface area contributed by atoms with Crippen LogP contribution in [0, 0.1) is 5.92 Å². The minimum Gasteiger partial charge on any atom is -0.338 e. The van der Waals surface area contributed by atoms with Gasteiger partial charge in [-0.1, -0.05) is 30.3 Å². The quantitative estimate of drug-likeness (QED) is 0.615. The van der Waals surface area contributed by atoms with Gasteiger partial charge in [0.25, 0.3) is 5.91 Å². The van der Waals surface area contributed by atoms with E-state index >= 15 is 0 Å². The Hall–Kier alpha value is -2.97. The summed E-state index contributed by atoms with van der Waals surface area (Å²) in [5, 5.41) is 0. The van der Waals surface area contributed by atoms with Gasteiger partial charge in [-0.05, 0) is 48.6 Å². The lowest BCUT2D eigenvalue weighted by molar-refractivity contribution is 0.0676. The van der Waals surface area contributed by atoms with Crippen LogP contribution in [-0.2, 0) is 15.8 Å². The fourth-order valence-corrected chi connectivity index (χ4v) is 5.10. The highest BCUT2D eigenvalue weighted by molar-refractivity contribution is 7.88. The third kappa shape index (κ3) is 5.59. The molecule has 1 saturated heterocycles. The van der Waals surface area contributed by atoms with Crippen LogP contribution in [0.5, 0.6) is 0 Å². The van der Waals surface area contributed by atoms with Crippen LogP contribution in [0.3, 0.4) is 0 Å². The van der Waals surface area contributed by atoms with Crippen molar-refractivity contribution in [2.45, 2.75) is 18.6 Å². The van der Waals surface area contributed by atoms with Crippen molar-refractivity contribution in [1.29, 1.82) is 0 Å². The van der Waals surface area contributed by atoms with E-state index in [2.05, 4.69) is 9.71 Å². The number of sulfonamides is 1. The summed E-state index contributed by atoms with van der Waals surface area (Å²) in [4.78, 5) is 18.8. The Bertz CT molecular complexity index is 1100. The van der Waals surface area contributed by atoms with Gasteiger partial charge in [-0.25, -0.2) is 18.1 Å². The number of amides is 1. The molecule has 1 aliphatic rings. The Kier molecular flexibility index (Phi) is 6.48. The van der Waals surface area contributed by atoms with E-state index in [1.54, 1.807) is 24.7 Å². The summed E-state index contributed by atoms with van der Waals surface area (Å²) in [5.41, 5.74) is 2.34. The molecule has 0 aliphatic carbocycles. The Morgan fingerprint density at radius 1 is 1.10 bits per heavy atom. The van der Waals surface area contributed by atoms with Gasteiger partial charge in [0.1, 0.15) is 0 Å². The van der Waals surface area contributed by atoms with Gasteiger partial charge in [0.2, 0.25) is 10.0 Å². The number of carbonyl (C=O) groups excluding carboxylic acids is 1. The first-order valence-corrected chi connectivity index (χ1v) is 12.0. The molecule has 2 heterocycles. The van der Waals surface area contributed by atoms with Crippen LogP contribution in [-0.4, -0.2) is 48.4 Å². The second-order valence-corrected chi connectivity index (χ2v) is 9.68. The van der Waals surface area contributed by atoms with E-state index < -0.39 is 10.0 Å². The maximum absolute atomic E-state index is 13.0. The summed E-state index contributed by atoms with van der Waals surface area (Å²) in [6.45, 7) is 1.59. The Balaban J connectivity index is 1.33. The number of imidazole rings is 1. The Morgan fingerprint density at radius 2 is 1.87 bits per heavy atom. The average molecular weight is 439 g/mol. The molecule has 0 unspecified atom stereocenters. The summed E-state index contributed by atoms with van der Waals surface area (Å²) in [6.07, 6.45) is 7.04. The molecule has 8 heteroatoms. The molecule has 1 aromatic heterocycles. The first-order chi connectivity index (χ1) is 15.0. The topological polar surface area (TPSA) is 84.3 Å². The van der Waals surface area contributed by atoms with Gasteiger partial charge in [0, 0.05) is 43.3 Å². The number of likely N-dealkylation sites (tertiary alicyclic amines) is 1. The van der Waals surface area contributed by atoms with Gasteiger partial charge in [0.15, 0.2) is 0 Å². The van der Waals surface area contributed by atoms with Crippen molar-refractivity contribution in [3.05, 3.63) is 84.4 Å². The fourth-order valence-electron chi connectivity index (χ4n) is 3.88. The van der Waals surface area contributed by atoms with Crippen molar-refractivity contribution in [2.24, 2.45) is 5.92 Å². The number of hydrogen-bond acceptors (Lipinski definition) is 4. The highest BCUT2D eigenvalue weighted by Gasteiger charge is 2.25. The van der Waals surface area contributed by atoms with Crippen molar-refractivity contribution in [3.8, 4) is 5.69 Å². The first kappa shape index (κ1) is 21.3. The minimum absolute atomic E-state index is 0.0194. The summed E-state index contributed by atoms with van der Waals surface area (Å²) in [5.74, 6) is 0.0504. The standard InChI is InChI=1S/C23H26N4O3S/c28-23(21-8-10-22(11-9-21)27-14-12-24-18-27)26-13-4-7-20(16-26)15-25-31(29,30)17-19-5-2-1-3-6-19/h1-3,5-6,8-12,14,18,20,25H,4,7,13,15-17H2/t20-/m0/s1. The number of nitrogens with zero attached hydrogens (tertiary/aromatic N) is 3. The number of aromatic nitrogens is 2. The van der Waals surface area contributed by atoms with Crippen LogP contribution >= 0.6 is 0 Å². The lowest BCUT2D eigenvalue weighted by atomic mass is 9.97. The highest BCUT2D eigenvalue weighted by atomic mass is 32.2.